The molecule has 102 valence electrons. The summed E-state index contributed by atoms with van der Waals surface area (Å²) >= 11 is 7.84. The standard InChI is InChI=1S/C11H10ClIN2O3S/c1-6-11(7(2)18-14-6)19(16,17)15-10-4-3-8(12)5-9(10)13/h3-5,15H,1-2H3. The third-order valence-electron chi connectivity index (χ3n) is 2.41. The van der Waals surface area contributed by atoms with E-state index in [1.54, 1.807) is 32.0 Å². The van der Waals surface area contributed by atoms with Crippen molar-refractivity contribution in [1.82, 2.24) is 5.16 Å². The smallest absolute Gasteiger partial charge is 0.267 e. The molecule has 0 aliphatic rings. The molecule has 8 heteroatoms. The van der Waals surface area contributed by atoms with Crippen LogP contribution in [0.5, 0.6) is 0 Å². The molecule has 0 aliphatic heterocycles. The molecule has 0 aliphatic carbocycles. The summed E-state index contributed by atoms with van der Waals surface area (Å²) in [6.07, 6.45) is 0. The van der Waals surface area contributed by atoms with Gasteiger partial charge < -0.3 is 4.52 Å². The number of anilines is 1. The minimum Gasteiger partial charge on any atom is -0.360 e. The molecule has 1 aromatic carbocycles. The van der Waals surface area contributed by atoms with E-state index in [2.05, 4.69) is 9.88 Å². The van der Waals surface area contributed by atoms with Gasteiger partial charge in [0.1, 0.15) is 5.69 Å². The molecule has 2 aromatic rings. The summed E-state index contributed by atoms with van der Waals surface area (Å²) in [5.74, 6) is 0.258. The predicted octanol–water partition coefficient (Wildman–Crippen LogP) is 3.35. The monoisotopic (exact) mass is 412 g/mol. The van der Waals surface area contributed by atoms with E-state index in [0.717, 1.165) is 0 Å². The Morgan fingerprint density at radius 1 is 1.37 bits per heavy atom. The fraction of sp³-hybridized carbons (Fsp3) is 0.182. The van der Waals surface area contributed by atoms with Crippen LogP contribution in [0, 0.1) is 17.4 Å². The Hall–Kier alpha value is -0.800. The van der Waals surface area contributed by atoms with Gasteiger partial charge in [0.2, 0.25) is 0 Å². The number of hydrogen-bond acceptors (Lipinski definition) is 4. The van der Waals surface area contributed by atoms with Crippen molar-refractivity contribution in [3.05, 3.63) is 38.2 Å². The minimum absolute atomic E-state index is 0.0678. The van der Waals surface area contributed by atoms with Crippen molar-refractivity contribution < 1.29 is 12.9 Å². The van der Waals surface area contributed by atoms with E-state index in [1.807, 2.05) is 22.6 Å². The lowest BCUT2D eigenvalue weighted by Gasteiger charge is -2.09. The van der Waals surface area contributed by atoms with Crippen molar-refractivity contribution in [3.8, 4) is 0 Å². The molecular formula is C11H10ClIN2O3S. The van der Waals surface area contributed by atoms with Gasteiger partial charge in [0.05, 0.1) is 5.69 Å². The summed E-state index contributed by atoms with van der Waals surface area (Å²) in [5, 5.41) is 4.19. The molecule has 1 aromatic heterocycles. The van der Waals surface area contributed by atoms with Crippen molar-refractivity contribution in [1.29, 1.82) is 0 Å². The van der Waals surface area contributed by atoms with Crippen LogP contribution in [-0.4, -0.2) is 13.6 Å². The number of aryl methyl sites for hydroxylation is 2. The van der Waals surface area contributed by atoms with Gasteiger partial charge in [-0.25, -0.2) is 8.42 Å². The third-order valence-corrected chi connectivity index (χ3v) is 5.15. The highest BCUT2D eigenvalue weighted by molar-refractivity contribution is 14.1. The number of halogens is 2. The number of aromatic nitrogens is 1. The van der Waals surface area contributed by atoms with Crippen LogP contribution in [0.25, 0.3) is 0 Å². The van der Waals surface area contributed by atoms with Crippen LogP contribution in [0.3, 0.4) is 0 Å². The summed E-state index contributed by atoms with van der Waals surface area (Å²) in [4.78, 5) is 0.0678. The first-order valence-corrected chi connectivity index (χ1v) is 8.16. The highest BCUT2D eigenvalue weighted by Gasteiger charge is 2.24. The molecule has 0 atom stereocenters. The average molecular weight is 413 g/mol. The summed E-state index contributed by atoms with van der Waals surface area (Å²) in [6, 6.07) is 4.90. The second kappa shape index (κ2) is 5.29. The maximum atomic E-state index is 12.3. The second-order valence-electron chi connectivity index (χ2n) is 3.88. The Balaban J connectivity index is 2.42. The summed E-state index contributed by atoms with van der Waals surface area (Å²) < 4.78 is 32.7. The molecule has 0 spiro atoms. The molecule has 0 radical (unpaired) electrons. The Morgan fingerprint density at radius 3 is 2.58 bits per heavy atom. The van der Waals surface area contributed by atoms with Gasteiger partial charge in [-0.2, -0.15) is 0 Å². The maximum absolute atomic E-state index is 12.3. The van der Waals surface area contributed by atoms with Gasteiger partial charge in [-0.15, -0.1) is 0 Å². The van der Waals surface area contributed by atoms with Gasteiger partial charge >= 0.3 is 0 Å². The van der Waals surface area contributed by atoms with Crippen molar-refractivity contribution >= 4 is 49.9 Å². The molecule has 0 amide bonds. The normalized spacial score (nSPS) is 11.6. The fourth-order valence-electron chi connectivity index (χ4n) is 1.63. The molecule has 1 heterocycles. The Bertz CT molecular complexity index is 708. The largest absolute Gasteiger partial charge is 0.360 e. The van der Waals surface area contributed by atoms with Crippen LogP contribution in [0.2, 0.25) is 5.02 Å². The third kappa shape index (κ3) is 3.03. The van der Waals surface area contributed by atoms with Crippen LogP contribution in [0.4, 0.5) is 5.69 Å². The average Bonchev–Trinajstić information content (AvgIpc) is 2.63. The summed E-state index contributed by atoms with van der Waals surface area (Å²) in [7, 11) is -3.72. The number of sulfonamides is 1. The lowest BCUT2D eigenvalue weighted by atomic mass is 10.3. The molecule has 0 bridgehead atoms. The first-order chi connectivity index (χ1) is 8.81. The van der Waals surface area contributed by atoms with Gasteiger partial charge in [0, 0.05) is 8.59 Å². The van der Waals surface area contributed by atoms with Crippen molar-refractivity contribution in [2.75, 3.05) is 4.72 Å². The van der Waals surface area contributed by atoms with Gasteiger partial charge in [0.15, 0.2) is 10.7 Å². The van der Waals surface area contributed by atoms with E-state index in [4.69, 9.17) is 16.1 Å². The molecule has 0 fully saturated rings. The van der Waals surface area contributed by atoms with E-state index < -0.39 is 10.0 Å². The zero-order valence-corrected chi connectivity index (χ0v) is 13.8. The summed E-state index contributed by atoms with van der Waals surface area (Å²) in [6.45, 7) is 3.14. The zero-order valence-electron chi connectivity index (χ0n) is 10.1. The summed E-state index contributed by atoms with van der Waals surface area (Å²) in [5.41, 5.74) is 0.791. The molecule has 5 nitrogen and oxygen atoms in total. The maximum Gasteiger partial charge on any atom is 0.267 e. The lowest BCUT2D eigenvalue weighted by molar-refractivity contribution is 0.390. The number of nitrogens with zero attached hydrogens (tertiary/aromatic N) is 1. The molecule has 19 heavy (non-hydrogen) atoms. The number of hydrogen-bond donors (Lipinski definition) is 1. The molecule has 0 unspecified atom stereocenters. The zero-order chi connectivity index (χ0) is 14.2. The first-order valence-electron chi connectivity index (χ1n) is 5.22. The minimum atomic E-state index is -3.72. The van der Waals surface area contributed by atoms with E-state index in [0.29, 0.717) is 20.0 Å². The van der Waals surface area contributed by atoms with E-state index in [-0.39, 0.29) is 10.7 Å². The predicted molar refractivity (Wildman–Crippen MR) is 81.0 cm³/mol. The van der Waals surface area contributed by atoms with Crippen LogP contribution in [0.1, 0.15) is 11.5 Å². The van der Waals surface area contributed by atoms with Gasteiger partial charge in [0.25, 0.3) is 10.0 Å². The van der Waals surface area contributed by atoms with Crippen molar-refractivity contribution in [3.63, 3.8) is 0 Å². The molecule has 1 N–H and O–H groups in total. The number of rotatable bonds is 3. The van der Waals surface area contributed by atoms with E-state index >= 15 is 0 Å². The SMILES string of the molecule is Cc1noc(C)c1S(=O)(=O)Nc1ccc(Cl)cc1I. The Labute approximate surface area is 129 Å². The van der Waals surface area contributed by atoms with Crippen LogP contribution >= 0.6 is 34.2 Å². The highest BCUT2D eigenvalue weighted by atomic mass is 127. The molecule has 0 saturated heterocycles. The van der Waals surface area contributed by atoms with E-state index in [1.165, 1.54) is 0 Å². The Morgan fingerprint density at radius 2 is 2.05 bits per heavy atom. The van der Waals surface area contributed by atoms with Crippen LogP contribution < -0.4 is 4.72 Å². The quantitative estimate of drug-likeness (QED) is 0.785. The van der Waals surface area contributed by atoms with Gasteiger partial charge in [-0.1, -0.05) is 16.8 Å². The molecular weight excluding hydrogens is 403 g/mol. The molecule has 0 saturated carbocycles. The lowest BCUT2D eigenvalue weighted by Crippen LogP contribution is -2.15. The molecule has 2 rings (SSSR count). The van der Waals surface area contributed by atoms with Gasteiger partial charge in [-0.05, 0) is 54.6 Å². The fourth-order valence-corrected chi connectivity index (χ4v) is 4.23. The topological polar surface area (TPSA) is 72.2 Å². The first kappa shape index (κ1) is 14.6. The second-order valence-corrected chi connectivity index (χ2v) is 7.10. The van der Waals surface area contributed by atoms with Gasteiger partial charge in [-0.3, -0.25) is 4.72 Å². The van der Waals surface area contributed by atoms with Crippen molar-refractivity contribution in [2.45, 2.75) is 18.7 Å². The number of nitrogens with one attached hydrogen (secondary N) is 1. The van der Waals surface area contributed by atoms with Crippen LogP contribution in [0.15, 0.2) is 27.6 Å². The highest BCUT2D eigenvalue weighted by Crippen LogP contribution is 2.27. The Kier molecular flexibility index (Phi) is 4.07. The van der Waals surface area contributed by atoms with E-state index in [9.17, 15) is 8.42 Å². The van der Waals surface area contributed by atoms with Crippen molar-refractivity contribution in [2.24, 2.45) is 0 Å². The number of benzene rings is 1. The van der Waals surface area contributed by atoms with Crippen LogP contribution in [-0.2, 0) is 10.0 Å².